The normalized spacial score (nSPS) is 10.3. The molecule has 1 amide bonds. The van der Waals surface area contributed by atoms with Gasteiger partial charge in [0.05, 0.1) is 12.8 Å². The van der Waals surface area contributed by atoms with Crippen molar-refractivity contribution in [2.45, 2.75) is 13.8 Å². The summed E-state index contributed by atoms with van der Waals surface area (Å²) >= 11 is 0. The molecule has 0 aliphatic carbocycles. The molecule has 0 atom stereocenters. The molecule has 0 unspecified atom stereocenters. The number of carbonyl (C=O) groups excluding carboxylic acids is 1. The molecule has 5 heteroatoms. The number of aromatic nitrogens is 2. The molecule has 19 heavy (non-hydrogen) atoms. The highest BCUT2D eigenvalue weighted by atomic mass is 16.5. The van der Waals surface area contributed by atoms with E-state index in [2.05, 4.69) is 10.4 Å². The molecule has 0 bridgehead atoms. The first-order chi connectivity index (χ1) is 9.11. The van der Waals surface area contributed by atoms with Crippen LogP contribution in [0.1, 0.15) is 22.8 Å². The van der Waals surface area contributed by atoms with Crippen molar-refractivity contribution in [3.63, 3.8) is 0 Å². The maximum Gasteiger partial charge on any atom is 0.256 e. The first-order valence-corrected chi connectivity index (χ1v) is 6.14. The standard InChI is InChI=1S/C14H17N3O2/c1-4-19-12-9-11(6-5-10(12)2)14(18)16-13-7-8-15-17(13)3/h5-9H,4H2,1-3H3,(H,16,18). The molecular formula is C14H17N3O2. The molecular weight excluding hydrogens is 242 g/mol. The highest BCUT2D eigenvalue weighted by Gasteiger charge is 2.10. The Morgan fingerprint density at radius 3 is 2.84 bits per heavy atom. The van der Waals surface area contributed by atoms with Crippen LogP contribution in [-0.2, 0) is 7.05 Å². The average molecular weight is 259 g/mol. The molecule has 5 nitrogen and oxygen atoms in total. The predicted molar refractivity (Wildman–Crippen MR) is 73.5 cm³/mol. The molecule has 1 aromatic heterocycles. The van der Waals surface area contributed by atoms with Crippen LogP contribution in [0.25, 0.3) is 0 Å². The lowest BCUT2D eigenvalue weighted by Crippen LogP contribution is -2.14. The van der Waals surface area contributed by atoms with Crippen molar-refractivity contribution >= 4 is 11.7 Å². The second-order valence-corrected chi connectivity index (χ2v) is 4.21. The molecule has 0 spiro atoms. The number of carbonyl (C=O) groups is 1. The highest BCUT2D eigenvalue weighted by molar-refractivity contribution is 6.04. The van der Waals surface area contributed by atoms with E-state index < -0.39 is 0 Å². The van der Waals surface area contributed by atoms with Gasteiger partial charge in [0.1, 0.15) is 11.6 Å². The summed E-state index contributed by atoms with van der Waals surface area (Å²) in [7, 11) is 1.77. The van der Waals surface area contributed by atoms with Crippen LogP contribution in [0.4, 0.5) is 5.82 Å². The zero-order chi connectivity index (χ0) is 13.8. The number of rotatable bonds is 4. The molecule has 0 aliphatic rings. The molecule has 1 N–H and O–H groups in total. The molecule has 100 valence electrons. The second kappa shape index (κ2) is 5.56. The molecule has 1 heterocycles. The lowest BCUT2D eigenvalue weighted by molar-refractivity contribution is 0.102. The lowest BCUT2D eigenvalue weighted by atomic mass is 10.1. The fourth-order valence-electron chi connectivity index (χ4n) is 1.74. The van der Waals surface area contributed by atoms with Crippen LogP contribution in [0.3, 0.4) is 0 Å². The quantitative estimate of drug-likeness (QED) is 0.917. The summed E-state index contributed by atoms with van der Waals surface area (Å²) in [5, 5.41) is 6.80. The van der Waals surface area contributed by atoms with Crippen LogP contribution < -0.4 is 10.1 Å². The summed E-state index contributed by atoms with van der Waals surface area (Å²) in [6.07, 6.45) is 1.64. The van der Waals surface area contributed by atoms with Gasteiger partial charge in [0.2, 0.25) is 0 Å². The Hall–Kier alpha value is -2.30. The van der Waals surface area contributed by atoms with Gasteiger partial charge in [-0.15, -0.1) is 0 Å². The van der Waals surface area contributed by atoms with Crippen LogP contribution in [0.5, 0.6) is 5.75 Å². The van der Waals surface area contributed by atoms with Gasteiger partial charge in [-0.2, -0.15) is 5.10 Å². The first-order valence-electron chi connectivity index (χ1n) is 6.14. The van der Waals surface area contributed by atoms with Gasteiger partial charge in [0.15, 0.2) is 0 Å². The molecule has 0 saturated carbocycles. The maximum absolute atomic E-state index is 12.1. The monoisotopic (exact) mass is 259 g/mol. The summed E-state index contributed by atoms with van der Waals surface area (Å²) in [5.41, 5.74) is 1.58. The number of hydrogen-bond acceptors (Lipinski definition) is 3. The number of nitrogens with zero attached hydrogens (tertiary/aromatic N) is 2. The van der Waals surface area contributed by atoms with E-state index in [1.54, 1.807) is 36.1 Å². The van der Waals surface area contributed by atoms with Crippen LogP contribution >= 0.6 is 0 Å². The Balaban J connectivity index is 2.19. The molecule has 0 fully saturated rings. The minimum atomic E-state index is -0.176. The SMILES string of the molecule is CCOc1cc(C(=O)Nc2ccnn2C)ccc1C. The maximum atomic E-state index is 12.1. The average Bonchev–Trinajstić information content (AvgIpc) is 2.78. The Labute approximate surface area is 112 Å². The summed E-state index contributed by atoms with van der Waals surface area (Å²) < 4.78 is 7.10. The van der Waals surface area contributed by atoms with E-state index in [4.69, 9.17) is 4.74 Å². The summed E-state index contributed by atoms with van der Waals surface area (Å²) in [6.45, 7) is 4.45. The second-order valence-electron chi connectivity index (χ2n) is 4.21. The third-order valence-corrected chi connectivity index (χ3v) is 2.81. The lowest BCUT2D eigenvalue weighted by Gasteiger charge is -2.10. The Kier molecular flexibility index (Phi) is 3.85. The van der Waals surface area contributed by atoms with Crippen LogP contribution in [0.15, 0.2) is 30.5 Å². The minimum absolute atomic E-state index is 0.176. The highest BCUT2D eigenvalue weighted by Crippen LogP contribution is 2.20. The Bertz CT molecular complexity index is 590. The summed E-state index contributed by atoms with van der Waals surface area (Å²) in [6, 6.07) is 7.16. The molecule has 0 aliphatic heterocycles. The molecule has 0 saturated heterocycles. The molecule has 1 aromatic carbocycles. The van der Waals surface area contributed by atoms with Gasteiger partial charge in [0.25, 0.3) is 5.91 Å². The largest absolute Gasteiger partial charge is 0.494 e. The van der Waals surface area contributed by atoms with Crippen molar-refractivity contribution in [3.05, 3.63) is 41.6 Å². The third kappa shape index (κ3) is 2.93. The van der Waals surface area contributed by atoms with Crippen molar-refractivity contribution in [2.24, 2.45) is 7.05 Å². The van der Waals surface area contributed by atoms with Gasteiger partial charge in [-0.25, -0.2) is 0 Å². The van der Waals surface area contributed by atoms with E-state index in [0.29, 0.717) is 18.0 Å². The van der Waals surface area contributed by atoms with Gasteiger partial charge in [-0.1, -0.05) is 6.07 Å². The van der Waals surface area contributed by atoms with Crippen molar-refractivity contribution in [1.82, 2.24) is 9.78 Å². The van der Waals surface area contributed by atoms with Gasteiger partial charge in [-0.05, 0) is 31.5 Å². The molecule has 2 rings (SSSR count). The minimum Gasteiger partial charge on any atom is -0.494 e. The van der Waals surface area contributed by atoms with E-state index in [1.165, 1.54) is 0 Å². The zero-order valence-corrected chi connectivity index (χ0v) is 11.3. The van der Waals surface area contributed by atoms with Gasteiger partial charge in [-0.3, -0.25) is 9.48 Å². The van der Waals surface area contributed by atoms with Crippen LogP contribution in [0, 0.1) is 6.92 Å². The Morgan fingerprint density at radius 2 is 2.21 bits per heavy atom. The van der Waals surface area contributed by atoms with E-state index >= 15 is 0 Å². The number of aryl methyl sites for hydroxylation is 2. The van der Waals surface area contributed by atoms with Crippen LogP contribution in [0.2, 0.25) is 0 Å². The predicted octanol–water partition coefficient (Wildman–Crippen LogP) is 2.38. The van der Waals surface area contributed by atoms with Crippen molar-refractivity contribution < 1.29 is 9.53 Å². The Morgan fingerprint density at radius 1 is 1.42 bits per heavy atom. The van der Waals surface area contributed by atoms with E-state index in [-0.39, 0.29) is 5.91 Å². The van der Waals surface area contributed by atoms with Gasteiger partial charge in [0, 0.05) is 18.7 Å². The number of amides is 1. The number of hydrogen-bond donors (Lipinski definition) is 1. The van der Waals surface area contributed by atoms with Crippen molar-refractivity contribution in [2.75, 3.05) is 11.9 Å². The van der Waals surface area contributed by atoms with E-state index in [0.717, 1.165) is 11.3 Å². The topological polar surface area (TPSA) is 56.1 Å². The van der Waals surface area contributed by atoms with Crippen molar-refractivity contribution in [1.29, 1.82) is 0 Å². The zero-order valence-electron chi connectivity index (χ0n) is 11.3. The number of anilines is 1. The van der Waals surface area contributed by atoms with Crippen LogP contribution in [-0.4, -0.2) is 22.3 Å². The van der Waals surface area contributed by atoms with E-state index in [9.17, 15) is 4.79 Å². The number of nitrogens with one attached hydrogen (secondary N) is 1. The smallest absolute Gasteiger partial charge is 0.256 e. The van der Waals surface area contributed by atoms with Crippen molar-refractivity contribution in [3.8, 4) is 5.75 Å². The fourth-order valence-corrected chi connectivity index (χ4v) is 1.74. The van der Waals surface area contributed by atoms with Gasteiger partial charge < -0.3 is 10.1 Å². The molecule has 2 aromatic rings. The molecule has 0 radical (unpaired) electrons. The van der Waals surface area contributed by atoms with E-state index in [1.807, 2.05) is 19.9 Å². The number of ether oxygens (including phenoxy) is 1. The number of benzene rings is 1. The van der Waals surface area contributed by atoms with Gasteiger partial charge >= 0.3 is 0 Å². The third-order valence-electron chi connectivity index (χ3n) is 2.81. The fraction of sp³-hybridized carbons (Fsp3) is 0.286. The summed E-state index contributed by atoms with van der Waals surface area (Å²) in [5.74, 6) is 1.22. The summed E-state index contributed by atoms with van der Waals surface area (Å²) in [4.78, 5) is 12.1. The first kappa shape index (κ1) is 13.1.